The van der Waals surface area contributed by atoms with Crippen LogP contribution in [-0.2, 0) is 0 Å². The lowest BCUT2D eigenvalue weighted by atomic mass is 9.96. The fraction of sp³-hybridized carbons (Fsp3) is 0.333. The van der Waals surface area contributed by atoms with Gasteiger partial charge in [-0.2, -0.15) is 0 Å². The second kappa shape index (κ2) is 7.37. The fourth-order valence-electron chi connectivity index (χ4n) is 2.24. The molecule has 0 radical (unpaired) electrons. The standard InChI is InChI=1S/C15H20N2.ClH/c16-11-4-3-10-15(17)14-9-5-7-12-6-1-2-8-13(12)14;/h1-2,5-9,15H,3-4,10-11,16-17H2;1H/t15-;/m1./s1. The summed E-state index contributed by atoms with van der Waals surface area (Å²) in [5, 5.41) is 2.54. The van der Waals surface area contributed by atoms with E-state index in [-0.39, 0.29) is 18.4 Å². The van der Waals surface area contributed by atoms with E-state index in [0.29, 0.717) is 0 Å². The minimum absolute atomic E-state index is 0. The van der Waals surface area contributed by atoms with Gasteiger partial charge >= 0.3 is 0 Å². The minimum atomic E-state index is 0. The van der Waals surface area contributed by atoms with Gasteiger partial charge in [0.15, 0.2) is 0 Å². The van der Waals surface area contributed by atoms with Crippen molar-refractivity contribution < 1.29 is 0 Å². The van der Waals surface area contributed by atoms with Crippen LogP contribution in [0.4, 0.5) is 0 Å². The summed E-state index contributed by atoms with van der Waals surface area (Å²) in [7, 11) is 0. The molecule has 0 aliphatic heterocycles. The van der Waals surface area contributed by atoms with E-state index < -0.39 is 0 Å². The summed E-state index contributed by atoms with van der Waals surface area (Å²) in [6, 6.07) is 14.9. The molecular weight excluding hydrogens is 244 g/mol. The molecule has 98 valence electrons. The fourth-order valence-corrected chi connectivity index (χ4v) is 2.24. The highest BCUT2D eigenvalue weighted by Crippen LogP contribution is 2.25. The Labute approximate surface area is 115 Å². The number of unbranched alkanes of at least 4 members (excludes halogenated alkanes) is 1. The molecule has 0 spiro atoms. The SMILES string of the molecule is Cl.NCCCC[C@@H](N)c1cccc2ccccc12. The predicted molar refractivity (Wildman–Crippen MR) is 81.0 cm³/mol. The number of hydrogen-bond donors (Lipinski definition) is 2. The van der Waals surface area contributed by atoms with Crippen molar-refractivity contribution in [2.45, 2.75) is 25.3 Å². The summed E-state index contributed by atoms with van der Waals surface area (Å²) in [4.78, 5) is 0. The van der Waals surface area contributed by atoms with E-state index in [1.54, 1.807) is 0 Å². The van der Waals surface area contributed by atoms with Gasteiger partial charge in [-0.1, -0.05) is 48.9 Å². The lowest BCUT2D eigenvalue weighted by molar-refractivity contribution is 0.594. The zero-order valence-corrected chi connectivity index (χ0v) is 11.3. The Morgan fingerprint density at radius 1 is 0.944 bits per heavy atom. The van der Waals surface area contributed by atoms with E-state index in [1.807, 2.05) is 0 Å². The molecule has 0 aromatic heterocycles. The van der Waals surface area contributed by atoms with E-state index in [0.717, 1.165) is 25.8 Å². The van der Waals surface area contributed by atoms with Crippen molar-refractivity contribution in [2.24, 2.45) is 11.5 Å². The largest absolute Gasteiger partial charge is 0.330 e. The zero-order valence-electron chi connectivity index (χ0n) is 10.5. The van der Waals surface area contributed by atoms with Gasteiger partial charge in [0, 0.05) is 6.04 Å². The topological polar surface area (TPSA) is 52.0 Å². The molecule has 0 amide bonds. The maximum Gasteiger partial charge on any atom is 0.0301 e. The molecule has 0 aliphatic carbocycles. The number of fused-ring (bicyclic) bond motifs is 1. The number of hydrogen-bond acceptors (Lipinski definition) is 2. The van der Waals surface area contributed by atoms with E-state index in [1.165, 1.54) is 16.3 Å². The Morgan fingerprint density at radius 2 is 1.67 bits per heavy atom. The second-order valence-electron chi connectivity index (χ2n) is 4.46. The van der Waals surface area contributed by atoms with Gasteiger partial charge in [-0.25, -0.2) is 0 Å². The van der Waals surface area contributed by atoms with Crippen LogP contribution in [0, 0.1) is 0 Å². The Morgan fingerprint density at radius 3 is 2.44 bits per heavy atom. The van der Waals surface area contributed by atoms with Gasteiger partial charge in [-0.05, 0) is 35.7 Å². The van der Waals surface area contributed by atoms with Gasteiger partial charge < -0.3 is 11.5 Å². The molecule has 0 saturated heterocycles. The molecule has 0 bridgehead atoms. The highest BCUT2D eigenvalue weighted by molar-refractivity contribution is 5.86. The van der Waals surface area contributed by atoms with Gasteiger partial charge in [0.25, 0.3) is 0 Å². The van der Waals surface area contributed by atoms with Crippen molar-refractivity contribution in [3.05, 3.63) is 48.0 Å². The summed E-state index contributed by atoms with van der Waals surface area (Å²) in [5.41, 5.74) is 13.0. The lowest BCUT2D eigenvalue weighted by Crippen LogP contribution is -2.11. The third kappa shape index (κ3) is 3.45. The Hall–Kier alpha value is -1.09. The van der Waals surface area contributed by atoms with E-state index in [9.17, 15) is 0 Å². The molecule has 1 atom stereocenters. The third-order valence-electron chi connectivity index (χ3n) is 3.19. The summed E-state index contributed by atoms with van der Waals surface area (Å²) in [6.07, 6.45) is 3.16. The predicted octanol–water partition coefficient (Wildman–Crippen LogP) is 3.39. The number of halogens is 1. The average Bonchev–Trinajstić information content (AvgIpc) is 2.38. The Balaban J connectivity index is 0.00000162. The van der Waals surface area contributed by atoms with Crippen molar-refractivity contribution >= 4 is 23.2 Å². The highest BCUT2D eigenvalue weighted by atomic mass is 35.5. The van der Waals surface area contributed by atoms with E-state index >= 15 is 0 Å². The molecule has 0 aliphatic rings. The molecule has 0 fully saturated rings. The number of nitrogens with two attached hydrogens (primary N) is 2. The van der Waals surface area contributed by atoms with Gasteiger partial charge in [0.1, 0.15) is 0 Å². The molecule has 4 N–H and O–H groups in total. The molecule has 0 saturated carbocycles. The highest BCUT2D eigenvalue weighted by Gasteiger charge is 2.08. The Bertz CT molecular complexity index is 479. The van der Waals surface area contributed by atoms with Crippen molar-refractivity contribution in [3.63, 3.8) is 0 Å². The summed E-state index contributed by atoms with van der Waals surface area (Å²) in [6.45, 7) is 0.752. The summed E-state index contributed by atoms with van der Waals surface area (Å²) >= 11 is 0. The molecule has 2 aromatic carbocycles. The molecule has 0 heterocycles. The minimum Gasteiger partial charge on any atom is -0.330 e. The first kappa shape index (κ1) is 15.0. The van der Waals surface area contributed by atoms with Crippen LogP contribution < -0.4 is 11.5 Å². The lowest BCUT2D eigenvalue weighted by Gasteiger charge is -2.14. The van der Waals surface area contributed by atoms with Gasteiger partial charge in [0.05, 0.1) is 0 Å². The van der Waals surface area contributed by atoms with Crippen LogP contribution in [0.5, 0.6) is 0 Å². The Kier molecular flexibility index (Phi) is 6.13. The van der Waals surface area contributed by atoms with Gasteiger partial charge in [-0.3, -0.25) is 0 Å². The van der Waals surface area contributed by atoms with E-state index in [2.05, 4.69) is 42.5 Å². The average molecular weight is 265 g/mol. The number of benzene rings is 2. The maximum absolute atomic E-state index is 6.26. The summed E-state index contributed by atoms with van der Waals surface area (Å²) in [5.74, 6) is 0. The van der Waals surface area contributed by atoms with Crippen LogP contribution >= 0.6 is 12.4 Å². The van der Waals surface area contributed by atoms with Crippen molar-refractivity contribution in [3.8, 4) is 0 Å². The molecular formula is C15H21ClN2. The van der Waals surface area contributed by atoms with Crippen LogP contribution in [0.15, 0.2) is 42.5 Å². The van der Waals surface area contributed by atoms with Crippen LogP contribution in [0.25, 0.3) is 10.8 Å². The summed E-state index contributed by atoms with van der Waals surface area (Å²) < 4.78 is 0. The number of rotatable bonds is 5. The van der Waals surface area contributed by atoms with Crippen LogP contribution in [-0.4, -0.2) is 6.54 Å². The molecule has 2 aromatic rings. The smallest absolute Gasteiger partial charge is 0.0301 e. The van der Waals surface area contributed by atoms with Gasteiger partial charge in [-0.15, -0.1) is 12.4 Å². The molecule has 0 unspecified atom stereocenters. The maximum atomic E-state index is 6.26. The van der Waals surface area contributed by atoms with Crippen molar-refractivity contribution in [1.82, 2.24) is 0 Å². The first-order valence-corrected chi connectivity index (χ1v) is 6.26. The molecule has 2 rings (SSSR count). The first-order valence-electron chi connectivity index (χ1n) is 6.26. The quantitative estimate of drug-likeness (QED) is 0.814. The normalized spacial score (nSPS) is 12.1. The first-order chi connectivity index (χ1) is 8.33. The van der Waals surface area contributed by atoms with Crippen LogP contribution in [0.2, 0.25) is 0 Å². The monoisotopic (exact) mass is 264 g/mol. The van der Waals surface area contributed by atoms with Crippen molar-refractivity contribution in [2.75, 3.05) is 6.54 Å². The third-order valence-corrected chi connectivity index (χ3v) is 3.19. The molecule has 3 heteroatoms. The van der Waals surface area contributed by atoms with Crippen LogP contribution in [0.3, 0.4) is 0 Å². The zero-order chi connectivity index (χ0) is 12.1. The second-order valence-corrected chi connectivity index (χ2v) is 4.46. The van der Waals surface area contributed by atoms with Crippen LogP contribution in [0.1, 0.15) is 30.9 Å². The molecule has 2 nitrogen and oxygen atoms in total. The van der Waals surface area contributed by atoms with E-state index in [4.69, 9.17) is 11.5 Å². The van der Waals surface area contributed by atoms with Crippen molar-refractivity contribution in [1.29, 1.82) is 0 Å². The molecule has 18 heavy (non-hydrogen) atoms. The van der Waals surface area contributed by atoms with Gasteiger partial charge in [0.2, 0.25) is 0 Å².